The fraction of sp³-hybridized carbons (Fsp3) is 0.286. The van der Waals surface area contributed by atoms with Crippen LogP contribution < -0.4 is 0 Å². The van der Waals surface area contributed by atoms with E-state index in [9.17, 15) is 4.79 Å². The molecule has 0 N–H and O–H groups in total. The van der Waals surface area contributed by atoms with Crippen molar-refractivity contribution >= 4 is 21.7 Å². The third kappa shape index (κ3) is 2.88. The largest absolute Gasteiger partial charge is 0.294 e. The molecule has 0 bridgehead atoms. The molecule has 1 heterocycles. The van der Waals surface area contributed by atoms with E-state index in [1.807, 2.05) is 41.9 Å². The Kier molecular flexibility index (Phi) is 4.31. The van der Waals surface area contributed by atoms with Gasteiger partial charge in [0, 0.05) is 18.5 Å². The third-order valence-electron chi connectivity index (χ3n) is 2.88. The van der Waals surface area contributed by atoms with Crippen molar-refractivity contribution in [3.8, 4) is 0 Å². The fourth-order valence-corrected chi connectivity index (χ4v) is 2.40. The summed E-state index contributed by atoms with van der Waals surface area (Å²) in [5.41, 5.74) is 1.86. The molecular weight excluding hydrogens is 292 g/mol. The molecule has 0 saturated heterocycles. The molecule has 18 heavy (non-hydrogen) atoms. The number of halogens is 1. The Morgan fingerprint density at radius 1 is 1.33 bits per heavy atom. The summed E-state index contributed by atoms with van der Waals surface area (Å²) < 4.78 is 2.90. The maximum atomic E-state index is 12.0. The molecule has 0 amide bonds. The summed E-state index contributed by atoms with van der Waals surface area (Å²) in [6.07, 6.45) is 3.00. The summed E-state index contributed by atoms with van der Waals surface area (Å²) in [7, 11) is 0. The Morgan fingerprint density at radius 3 is 2.72 bits per heavy atom. The highest BCUT2D eigenvalue weighted by Gasteiger charge is 2.11. The van der Waals surface area contributed by atoms with Crippen LogP contribution in [0.1, 0.15) is 29.4 Å². The van der Waals surface area contributed by atoms with E-state index in [1.165, 1.54) is 0 Å². The van der Waals surface area contributed by atoms with E-state index < -0.39 is 0 Å². The second-order valence-corrected chi connectivity index (χ2v) is 4.90. The van der Waals surface area contributed by atoms with Gasteiger partial charge in [-0.3, -0.25) is 9.48 Å². The van der Waals surface area contributed by atoms with Crippen molar-refractivity contribution in [3.63, 3.8) is 0 Å². The molecule has 0 atom stereocenters. The normalized spacial score (nSPS) is 10.6. The number of aromatic nitrogens is 2. The maximum Gasteiger partial charge on any atom is 0.163 e. The molecule has 0 radical (unpaired) electrons. The minimum atomic E-state index is 0.173. The first-order chi connectivity index (χ1) is 8.72. The highest BCUT2D eigenvalue weighted by Crippen LogP contribution is 2.18. The lowest BCUT2D eigenvalue weighted by Gasteiger charge is -2.05. The van der Waals surface area contributed by atoms with Crippen LogP contribution in [0.2, 0.25) is 0 Å². The Labute approximate surface area is 115 Å². The molecule has 0 fully saturated rings. The molecule has 0 aliphatic heterocycles. The SMILES string of the molecule is CCn1ncc(Br)c1CCC(=O)c1ccccc1. The molecule has 1 aromatic heterocycles. The Hall–Kier alpha value is -1.42. The predicted molar refractivity (Wildman–Crippen MR) is 74.7 cm³/mol. The minimum absolute atomic E-state index is 0.173. The standard InChI is InChI=1S/C14H15BrN2O/c1-2-17-13(12(15)10-16-17)8-9-14(18)11-6-4-3-5-7-11/h3-7,10H,2,8-9H2,1H3. The zero-order valence-corrected chi connectivity index (χ0v) is 11.9. The molecule has 1 aromatic carbocycles. The molecule has 0 aliphatic carbocycles. The lowest BCUT2D eigenvalue weighted by Crippen LogP contribution is -2.07. The summed E-state index contributed by atoms with van der Waals surface area (Å²) in [6.45, 7) is 2.86. The number of rotatable bonds is 5. The first-order valence-corrected chi connectivity index (χ1v) is 6.80. The van der Waals surface area contributed by atoms with E-state index in [2.05, 4.69) is 21.0 Å². The van der Waals surface area contributed by atoms with Gasteiger partial charge in [0.05, 0.1) is 16.4 Å². The van der Waals surface area contributed by atoms with Crippen LogP contribution in [0, 0.1) is 0 Å². The van der Waals surface area contributed by atoms with E-state index >= 15 is 0 Å². The van der Waals surface area contributed by atoms with Gasteiger partial charge in [-0.1, -0.05) is 30.3 Å². The minimum Gasteiger partial charge on any atom is -0.294 e. The first kappa shape index (κ1) is 13.0. The van der Waals surface area contributed by atoms with Gasteiger partial charge in [0.15, 0.2) is 5.78 Å². The van der Waals surface area contributed by atoms with Crippen LogP contribution >= 0.6 is 15.9 Å². The monoisotopic (exact) mass is 306 g/mol. The number of carbonyl (C=O) groups is 1. The first-order valence-electron chi connectivity index (χ1n) is 6.00. The number of hydrogen-bond donors (Lipinski definition) is 0. The molecule has 3 nitrogen and oxygen atoms in total. The number of Topliss-reactive ketones (excluding diaryl/α,β-unsaturated/α-hetero) is 1. The maximum absolute atomic E-state index is 12.0. The van der Waals surface area contributed by atoms with Crippen molar-refractivity contribution in [2.45, 2.75) is 26.3 Å². The highest BCUT2D eigenvalue weighted by atomic mass is 79.9. The van der Waals surface area contributed by atoms with Crippen LogP contribution in [0.15, 0.2) is 41.0 Å². The fourth-order valence-electron chi connectivity index (χ4n) is 1.91. The number of nitrogens with zero attached hydrogens (tertiary/aromatic N) is 2. The van der Waals surface area contributed by atoms with Crippen molar-refractivity contribution in [1.82, 2.24) is 9.78 Å². The van der Waals surface area contributed by atoms with Crippen LogP contribution in [0.25, 0.3) is 0 Å². The van der Waals surface area contributed by atoms with Gasteiger partial charge in [-0.2, -0.15) is 5.10 Å². The Bertz CT molecular complexity index is 534. The van der Waals surface area contributed by atoms with Crippen molar-refractivity contribution < 1.29 is 4.79 Å². The van der Waals surface area contributed by atoms with Gasteiger partial charge < -0.3 is 0 Å². The van der Waals surface area contributed by atoms with Gasteiger partial charge in [0.1, 0.15) is 0 Å². The zero-order valence-electron chi connectivity index (χ0n) is 10.3. The number of benzene rings is 1. The van der Waals surface area contributed by atoms with Gasteiger partial charge in [-0.25, -0.2) is 0 Å². The molecule has 2 aromatic rings. The quantitative estimate of drug-likeness (QED) is 0.793. The van der Waals surface area contributed by atoms with E-state index in [0.29, 0.717) is 12.8 Å². The van der Waals surface area contributed by atoms with Gasteiger partial charge in [-0.15, -0.1) is 0 Å². The molecule has 0 spiro atoms. The van der Waals surface area contributed by atoms with E-state index in [4.69, 9.17) is 0 Å². The molecule has 4 heteroatoms. The van der Waals surface area contributed by atoms with Crippen molar-refractivity contribution in [2.24, 2.45) is 0 Å². The van der Waals surface area contributed by atoms with Gasteiger partial charge in [0.2, 0.25) is 0 Å². The summed E-state index contributed by atoms with van der Waals surface area (Å²) in [6, 6.07) is 9.40. The van der Waals surface area contributed by atoms with Crippen LogP contribution in [-0.4, -0.2) is 15.6 Å². The third-order valence-corrected chi connectivity index (χ3v) is 3.54. The topological polar surface area (TPSA) is 34.9 Å². The Balaban J connectivity index is 2.04. The summed E-state index contributed by atoms with van der Waals surface area (Å²) >= 11 is 3.47. The summed E-state index contributed by atoms with van der Waals surface area (Å²) in [5.74, 6) is 0.173. The zero-order chi connectivity index (χ0) is 13.0. The van der Waals surface area contributed by atoms with Crippen LogP contribution in [0.3, 0.4) is 0 Å². The lowest BCUT2D eigenvalue weighted by atomic mass is 10.1. The van der Waals surface area contributed by atoms with Crippen molar-refractivity contribution in [3.05, 3.63) is 52.3 Å². The number of aryl methyl sites for hydroxylation is 1. The average molecular weight is 307 g/mol. The van der Waals surface area contributed by atoms with Gasteiger partial charge in [-0.05, 0) is 29.3 Å². The molecule has 2 rings (SSSR count). The van der Waals surface area contributed by atoms with Gasteiger partial charge in [0.25, 0.3) is 0 Å². The van der Waals surface area contributed by atoms with Crippen molar-refractivity contribution in [2.75, 3.05) is 0 Å². The number of carbonyl (C=O) groups excluding carboxylic acids is 1. The summed E-state index contributed by atoms with van der Waals surface area (Å²) in [5, 5.41) is 4.24. The molecular formula is C14H15BrN2O. The highest BCUT2D eigenvalue weighted by molar-refractivity contribution is 9.10. The molecule has 0 saturated carbocycles. The second-order valence-electron chi connectivity index (χ2n) is 4.04. The van der Waals surface area contributed by atoms with Crippen LogP contribution in [0.4, 0.5) is 0 Å². The molecule has 0 aliphatic rings. The Morgan fingerprint density at radius 2 is 2.06 bits per heavy atom. The number of hydrogen-bond acceptors (Lipinski definition) is 2. The van der Waals surface area contributed by atoms with Gasteiger partial charge >= 0.3 is 0 Å². The van der Waals surface area contributed by atoms with Crippen molar-refractivity contribution in [1.29, 1.82) is 0 Å². The molecule has 94 valence electrons. The second kappa shape index (κ2) is 5.96. The van der Waals surface area contributed by atoms with Crippen LogP contribution in [-0.2, 0) is 13.0 Å². The number of ketones is 1. The van der Waals surface area contributed by atoms with Crippen LogP contribution in [0.5, 0.6) is 0 Å². The predicted octanol–water partition coefficient (Wildman–Crippen LogP) is 3.48. The van der Waals surface area contributed by atoms with E-state index in [1.54, 1.807) is 6.20 Å². The van der Waals surface area contributed by atoms with E-state index in [-0.39, 0.29) is 5.78 Å². The average Bonchev–Trinajstić information content (AvgIpc) is 2.77. The lowest BCUT2D eigenvalue weighted by molar-refractivity contribution is 0.0982. The molecule has 0 unspecified atom stereocenters. The summed E-state index contributed by atoms with van der Waals surface area (Å²) in [4.78, 5) is 12.0. The smallest absolute Gasteiger partial charge is 0.163 e. The van der Waals surface area contributed by atoms with E-state index in [0.717, 1.165) is 22.3 Å².